The third-order valence-corrected chi connectivity index (χ3v) is 5.13. The Balaban J connectivity index is 1.57. The van der Waals surface area contributed by atoms with Crippen LogP contribution in [0.5, 0.6) is 0 Å². The molecule has 1 N–H and O–H groups in total. The second kappa shape index (κ2) is 9.38. The van der Waals surface area contributed by atoms with Crippen molar-refractivity contribution in [2.45, 2.75) is 32.8 Å². The second-order valence-electron chi connectivity index (χ2n) is 7.34. The average molecular weight is 378 g/mol. The van der Waals surface area contributed by atoms with Gasteiger partial charge in [-0.3, -0.25) is 4.79 Å². The second-order valence-corrected chi connectivity index (χ2v) is 7.34. The third kappa shape index (κ3) is 4.90. The van der Waals surface area contributed by atoms with Gasteiger partial charge in [-0.2, -0.15) is 5.26 Å². The van der Waals surface area contributed by atoms with E-state index in [2.05, 4.69) is 29.2 Å². The number of anilines is 1. The van der Waals surface area contributed by atoms with Crippen molar-refractivity contribution in [1.29, 1.82) is 5.26 Å². The van der Waals surface area contributed by atoms with Crippen LogP contribution in [0, 0.1) is 17.2 Å². The number of rotatable bonds is 9. The molecule has 1 aliphatic rings. The van der Waals surface area contributed by atoms with Gasteiger partial charge in [0.15, 0.2) is 0 Å². The minimum atomic E-state index is -0.809. The molecule has 5 nitrogen and oxygen atoms in total. The third-order valence-electron chi connectivity index (χ3n) is 5.13. The lowest BCUT2D eigenvalue weighted by atomic mass is 9.96. The molecule has 0 aromatic heterocycles. The summed E-state index contributed by atoms with van der Waals surface area (Å²) in [5.74, 6) is -1.26. The Morgan fingerprint density at radius 1 is 1.29 bits per heavy atom. The summed E-state index contributed by atoms with van der Waals surface area (Å²) < 4.78 is 5.76. The van der Waals surface area contributed by atoms with E-state index in [4.69, 9.17) is 9.84 Å². The molecule has 3 rings (SSSR count). The van der Waals surface area contributed by atoms with Crippen molar-refractivity contribution >= 4 is 11.7 Å². The van der Waals surface area contributed by atoms with E-state index in [1.807, 2.05) is 24.3 Å². The van der Waals surface area contributed by atoms with Gasteiger partial charge in [-0.05, 0) is 42.0 Å². The summed E-state index contributed by atoms with van der Waals surface area (Å²) in [6.07, 6.45) is 2.24. The number of carboxylic acid groups (broad SMARTS) is 1. The van der Waals surface area contributed by atoms with Crippen LogP contribution in [-0.2, 0) is 29.0 Å². The Labute approximate surface area is 166 Å². The van der Waals surface area contributed by atoms with Crippen LogP contribution in [0.15, 0.2) is 42.5 Å². The molecule has 0 bridgehead atoms. The molecule has 0 aliphatic carbocycles. The quantitative estimate of drug-likeness (QED) is 0.672. The molecule has 1 heterocycles. The van der Waals surface area contributed by atoms with E-state index in [-0.39, 0.29) is 0 Å². The van der Waals surface area contributed by atoms with Gasteiger partial charge in [0.05, 0.1) is 23.8 Å². The molecular formula is C23H26N2O3. The van der Waals surface area contributed by atoms with Crippen molar-refractivity contribution < 1.29 is 14.6 Å². The summed E-state index contributed by atoms with van der Waals surface area (Å²) in [5, 5.41) is 18.7. The highest BCUT2D eigenvalue weighted by atomic mass is 16.5. The lowest BCUT2D eigenvalue weighted by molar-refractivity contribution is -0.141. The first-order valence-electron chi connectivity index (χ1n) is 9.74. The molecule has 28 heavy (non-hydrogen) atoms. The minimum Gasteiger partial charge on any atom is -0.481 e. The van der Waals surface area contributed by atoms with E-state index in [1.54, 1.807) is 6.92 Å². The van der Waals surface area contributed by atoms with Crippen molar-refractivity contribution in [3.8, 4) is 6.07 Å². The first-order valence-corrected chi connectivity index (χ1v) is 9.74. The molecule has 146 valence electrons. The van der Waals surface area contributed by atoms with Crippen LogP contribution in [0.1, 0.15) is 35.6 Å². The van der Waals surface area contributed by atoms with Gasteiger partial charge in [0.1, 0.15) is 6.07 Å². The summed E-state index contributed by atoms with van der Waals surface area (Å²) in [7, 11) is 0. The van der Waals surface area contributed by atoms with E-state index in [9.17, 15) is 10.1 Å². The van der Waals surface area contributed by atoms with Gasteiger partial charge in [-0.1, -0.05) is 43.3 Å². The predicted molar refractivity (Wildman–Crippen MR) is 108 cm³/mol. The molecule has 0 spiro atoms. The number of ether oxygens (including phenoxy) is 1. The maximum atomic E-state index is 11.1. The number of hydrogen-bond acceptors (Lipinski definition) is 4. The molecule has 0 radical (unpaired) electrons. The van der Waals surface area contributed by atoms with Crippen LogP contribution in [0.3, 0.4) is 0 Å². The van der Waals surface area contributed by atoms with Gasteiger partial charge >= 0.3 is 5.97 Å². The molecule has 2 aromatic rings. The lowest BCUT2D eigenvalue weighted by Gasteiger charge is -2.21. The fourth-order valence-corrected chi connectivity index (χ4v) is 3.68. The first kappa shape index (κ1) is 19.9. The van der Waals surface area contributed by atoms with Gasteiger partial charge in [0, 0.05) is 19.7 Å². The number of fused-ring (bicyclic) bond motifs is 1. The number of nitrogens with zero attached hydrogens (tertiary/aromatic N) is 2. The number of carbonyl (C=O) groups is 1. The number of hydrogen-bond donors (Lipinski definition) is 1. The molecule has 0 fully saturated rings. The summed E-state index contributed by atoms with van der Waals surface area (Å²) in [6.45, 7) is 4.73. The largest absolute Gasteiger partial charge is 0.481 e. The number of nitriles is 1. The Hall–Kier alpha value is -2.84. The van der Waals surface area contributed by atoms with E-state index < -0.39 is 11.9 Å². The molecule has 1 aliphatic heterocycles. The summed E-state index contributed by atoms with van der Waals surface area (Å²) in [5.41, 5.74) is 4.91. The highest BCUT2D eigenvalue weighted by molar-refractivity contribution is 5.71. The van der Waals surface area contributed by atoms with E-state index in [0.717, 1.165) is 42.7 Å². The fraction of sp³-hybridized carbons (Fsp3) is 0.391. The van der Waals surface area contributed by atoms with Crippen LogP contribution in [0.2, 0.25) is 0 Å². The molecule has 0 amide bonds. The van der Waals surface area contributed by atoms with Gasteiger partial charge in [-0.15, -0.1) is 0 Å². The highest BCUT2D eigenvalue weighted by Gasteiger charge is 2.24. The predicted octanol–water partition coefficient (Wildman–Crippen LogP) is 3.79. The Kier molecular flexibility index (Phi) is 6.67. The number of aliphatic carboxylic acids is 1. The molecule has 0 unspecified atom stereocenters. The van der Waals surface area contributed by atoms with Gasteiger partial charge in [0.25, 0.3) is 0 Å². The van der Waals surface area contributed by atoms with E-state index in [1.165, 1.54) is 5.56 Å². The van der Waals surface area contributed by atoms with Crippen molar-refractivity contribution in [2.75, 3.05) is 24.6 Å². The summed E-state index contributed by atoms with van der Waals surface area (Å²) in [4.78, 5) is 13.4. The van der Waals surface area contributed by atoms with Gasteiger partial charge in [-0.25, -0.2) is 0 Å². The summed E-state index contributed by atoms with van der Waals surface area (Å²) in [6, 6.07) is 16.3. The molecule has 0 saturated carbocycles. The molecule has 1 atom stereocenters. The normalized spacial score (nSPS) is 13.8. The first-order chi connectivity index (χ1) is 13.6. The summed E-state index contributed by atoms with van der Waals surface area (Å²) >= 11 is 0. The lowest BCUT2D eigenvalue weighted by Crippen LogP contribution is -2.23. The zero-order valence-electron chi connectivity index (χ0n) is 16.2. The van der Waals surface area contributed by atoms with Crippen LogP contribution < -0.4 is 4.90 Å². The highest BCUT2D eigenvalue weighted by Crippen LogP contribution is 2.33. The van der Waals surface area contributed by atoms with Crippen LogP contribution in [-0.4, -0.2) is 30.8 Å². The van der Waals surface area contributed by atoms with Crippen molar-refractivity contribution in [3.63, 3.8) is 0 Å². The Morgan fingerprint density at radius 3 is 2.79 bits per heavy atom. The maximum absolute atomic E-state index is 11.1. The molecule has 2 aromatic carbocycles. The SMILES string of the molecule is C[C@H](Cc1cc(C#N)c2c(c1)CCN2CCCOCc1ccccc1)C(=O)O. The van der Waals surface area contributed by atoms with Gasteiger partial charge in [0.2, 0.25) is 0 Å². The fourth-order valence-electron chi connectivity index (χ4n) is 3.68. The Morgan fingerprint density at radius 2 is 2.07 bits per heavy atom. The van der Waals surface area contributed by atoms with Crippen molar-refractivity contribution in [3.05, 3.63) is 64.7 Å². The molecule has 0 saturated heterocycles. The van der Waals surface area contributed by atoms with E-state index in [0.29, 0.717) is 25.2 Å². The zero-order valence-corrected chi connectivity index (χ0v) is 16.2. The average Bonchev–Trinajstić information content (AvgIpc) is 3.10. The van der Waals surface area contributed by atoms with Crippen LogP contribution in [0.4, 0.5) is 5.69 Å². The smallest absolute Gasteiger partial charge is 0.306 e. The standard InChI is InChI=1S/C23H26N2O3/c1-17(23(26)27)12-19-13-20-8-10-25(22(20)21(14-19)15-24)9-5-11-28-16-18-6-3-2-4-7-18/h2-4,6-7,13-14,17H,5,8-12,16H2,1H3,(H,26,27)/t17-/m1/s1. The number of carboxylic acids is 1. The Bertz CT molecular complexity index is 858. The molecule has 5 heteroatoms. The van der Waals surface area contributed by atoms with Crippen molar-refractivity contribution in [1.82, 2.24) is 0 Å². The van der Waals surface area contributed by atoms with E-state index >= 15 is 0 Å². The zero-order chi connectivity index (χ0) is 19.9. The van der Waals surface area contributed by atoms with Gasteiger partial charge < -0.3 is 14.7 Å². The maximum Gasteiger partial charge on any atom is 0.306 e. The number of benzene rings is 2. The van der Waals surface area contributed by atoms with Crippen LogP contribution >= 0.6 is 0 Å². The monoisotopic (exact) mass is 378 g/mol. The van der Waals surface area contributed by atoms with Crippen LogP contribution in [0.25, 0.3) is 0 Å². The topological polar surface area (TPSA) is 73.6 Å². The minimum absolute atomic E-state index is 0.449. The molecular weight excluding hydrogens is 352 g/mol. The van der Waals surface area contributed by atoms with Crippen molar-refractivity contribution in [2.24, 2.45) is 5.92 Å².